The number of hydrogen-bond donors (Lipinski definition) is 1. The van der Waals surface area contributed by atoms with Crippen LogP contribution in [0.25, 0.3) is 0 Å². The summed E-state index contributed by atoms with van der Waals surface area (Å²) in [6.45, 7) is 8.06. The molecule has 3 nitrogen and oxygen atoms in total. The highest BCUT2D eigenvalue weighted by molar-refractivity contribution is 9.10. The number of anilines is 1. The number of halogens is 1. The monoisotopic (exact) mass is 351 g/mol. The molecule has 0 spiro atoms. The number of nitrogens with zero attached hydrogens (tertiary/aromatic N) is 2. The van der Waals surface area contributed by atoms with Gasteiger partial charge in [-0.15, -0.1) is 0 Å². The third kappa shape index (κ3) is 4.21. The van der Waals surface area contributed by atoms with Crippen molar-refractivity contribution < 1.29 is 0 Å². The molecule has 2 fully saturated rings. The Labute approximate surface area is 136 Å². The summed E-state index contributed by atoms with van der Waals surface area (Å²) in [5, 5.41) is 0. The molecule has 1 saturated heterocycles. The molecule has 0 amide bonds. The topological polar surface area (TPSA) is 32.5 Å². The highest BCUT2D eigenvalue weighted by Crippen LogP contribution is 2.31. The van der Waals surface area contributed by atoms with Gasteiger partial charge in [0.15, 0.2) is 0 Å². The third-order valence-electron chi connectivity index (χ3n) is 4.52. The lowest BCUT2D eigenvalue weighted by molar-refractivity contribution is 0.248. The maximum Gasteiger partial charge on any atom is 0.0411 e. The fourth-order valence-electron chi connectivity index (χ4n) is 3.19. The lowest BCUT2D eigenvalue weighted by Crippen LogP contribution is -2.47. The Hall–Kier alpha value is -0.580. The molecule has 4 heteroatoms. The minimum Gasteiger partial charge on any atom is -0.369 e. The molecule has 0 bridgehead atoms. The van der Waals surface area contributed by atoms with E-state index in [2.05, 4.69) is 50.9 Å². The van der Waals surface area contributed by atoms with Crippen molar-refractivity contribution in [3.05, 3.63) is 28.2 Å². The molecule has 21 heavy (non-hydrogen) atoms. The predicted octanol–water partition coefficient (Wildman–Crippen LogP) is 2.87. The van der Waals surface area contributed by atoms with E-state index in [0.29, 0.717) is 0 Å². The molecule has 1 aromatic rings. The number of rotatable bonds is 5. The zero-order chi connectivity index (χ0) is 14.8. The quantitative estimate of drug-likeness (QED) is 0.885. The number of nitrogens with two attached hydrogens (primary N) is 1. The number of benzene rings is 1. The van der Waals surface area contributed by atoms with Crippen LogP contribution >= 0.6 is 15.9 Å². The van der Waals surface area contributed by atoms with Crippen LogP contribution in [0.3, 0.4) is 0 Å². The summed E-state index contributed by atoms with van der Waals surface area (Å²) in [6, 6.07) is 6.82. The molecular weight excluding hydrogens is 326 g/mol. The molecule has 1 heterocycles. The van der Waals surface area contributed by atoms with E-state index in [-0.39, 0.29) is 6.04 Å². The molecular formula is C17H26BrN3. The van der Waals surface area contributed by atoms with Crippen LogP contribution in [-0.2, 0) is 6.42 Å². The summed E-state index contributed by atoms with van der Waals surface area (Å²) in [7, 11) is 0. The molecule has 2 aliphatic rings. The van der Waals surface area contributed by atoms with E-state index in [1.165, 1.54) is 43.7 Å². The first-order valence-electron chi connectivity index (χ1n) is 8.13. The van der Waals surface area contributed by atoms with Crippen molar-refractivity contribution in [2.75, 3.05) is 37.6 Å². The fourth-order valence-corrected chi connectivity index (χ4v) is 3.54. The first-order valence-corrected chi connectivity index (χ1v) is 8.92. The third-order valence-corrected chi connectivity index (χ3v) is 5.01. The standard InChI is InChI=1S/C17H26BrN3/c1-13(19)10-15-4-5-16(18)11-17(15)21-8-6-20(7-9-21)12-14-2-3-14/h4-5,11,13-14H,2-3,6-10,12,19H2,1H3. The van der Waals surface area contributed by atoms with E-state index in [1.54, 1.807) is 0 Å². The van der Waals surface area contributed by atoms with Crippen molar-refractivity contribution in [2.45, 2.75) is 32.2 Å². The normalized spacial score (nSPS) is 21.6. The van der Waals surface area contributed by atoms with E-state index >= 15 is 0 Å². The van der Waals surface area contributed by atoms with Gasteiger partial charge in [-0.1, -0.05) is 22.0 Å². The van der Waals surface area contributed by atoms with Gasteiger partial charge in [-0.2, -0.15) is 0 Å². The van der Waals surface area contributed by atoms with Crippen molar-refractivity contribution in [1.29, 1.82) is 0 Å². The Balaban J connectivity index is 1.66. The van der Waals surface area contributed by atoms with Gasteiger partial charge in [0, 0.05) is 48.9 Å². The van der Waals surface area contributed by atoms with Crippen LogP contribution in [0.15, 0.2) is 22.7 Å². The molecule has 1 aromatic carbocycles. The molecule has 3 rings (SSSR count). The second-order valence-corrected chi connectivity index (χ2v) is 7.60. The van der Waals surface area contributed by atoms with Crippen LogP contribution in [-0.4, -0.2) is 43.7 Å². The van der Waals surface area contributed by atoms with Crippen LogP contribution in [0, 0.1) is 5.92 Å². The molecule has 1 aliphatic heterocycles. The van der Waals surface area contributed by atoms with E-state index in [0.717, 1.165) is 29.9 Å². The summed E-state index contributed by atoms with van der Waals surface area (Å²) in [5.41, 5.74) is 8.75. The molecule has 1 aliphatic carbocycles. The van der Waals surface area contributed by atoms with Crippen LogP contribution in [0.1, 0.15) is 25.3 Å². The SMILES string of the molecule is CC(N)Cc1ccc(Br)cc1N1CCN(CC2CC2)CC1. The minimum absolute atomic E-state index is 0.209. The lowest BCUT2D eigenvalue weighted by Gasteiger charge is -2.37. The van der Waals surface area contributed by atoms with Gasteiger partial charge in [0.25, 0.3) is 0 Å². The van der Waals surface area contributed by atoms with Crippen LogP contribution in [0.4, 0.5) is 5.69 Å². The first-order chi connectivity index (χ1) is 10.1. The van der Waals surface area contributed by atoms with Crippen LogP contribution in [0.5, 0.6) is 0 Å². The van der Waals surface area contributed by atoms with Crippen molar-refractivity contribution in [3.8, 4) is 0 Å². The summed E-state index contributed by atoms with van der Waals surface area (Å²) in [6.07, 6.45) is 3.85. The second kappa shape index (κ2) is 6.67. The van der Waals surface area contributed by atoms with Gasteiger partial charge in [-0.3, -0.25) is 4.90 Å². The molecule has 2 N–H and O–H groups in total. The molecule has 0 radical (unpaired) electrons. The minimum atomic E-state index is 0.209. The van der Waals surface area contributed by atoms with Gasteiger partial charge >= 0.3 is 0 Å². The first kappa shape index (κ1) is 15.3. The fraction of sp³-hybridized carbons (Fsp3) is 0.647. The summed E-state index contributed by atoms with van der Waals surface area (Å²) in [5.74, 6) is 0.996. The second-order valence-electron chi connectivity index (χ2n) is 6.69. The van der Waals surface area contributed by atoms with E-state index in [4.69, 9.17) is 5.73 Å². The van der Waals surface area contributed by atoms with Gasteiger partial charge in [0.1, 0.15) is 0 Å². The average molecular weight is 352 g/mol. The summed E-state index contributed by atoms with van der Waals surface area (Å²) >= 11 is 3.61. The van der Waals surface area contributed by atoms with Crippen molar-refractivity contribution >= 4 is 21.6 Å². The molecule has 1 unspecified atom stereocenters. The van der Waals surface area contributed by atoms with Gasteiger partial charge in [0.05, 0.1) is 0 Å². The number of hydrogen-bond acceptors (Lipinski definition) is 3. The van der Waals surface area contributed by atoms with Crippen LogP contribution in [0.2, 0.25) is 0 Å². The van der Waals surface area contributed by atoms with Crippen molar-refractivity contribution in [2.24, 2.45) is 11.7 Å². The van der Waals surface area contributed by atoms with E-state index in [1.807, 2.05) is 0 Å². The Kier molecular flexibility index (Phi) is 4.87. The largest absolute Gasteiger partial charge is 0.369 e. The Morgan fingerprint density at radius 1 is 1.24 bits per heavy atom. The highest BCUT2D eigenvalue weighted by Gasteiger charge is 2.26. The average Bonchev–Trinajstić information content (AvgIpc) is 3.25. The van der Waals surface area contributed by atoms with Gasteiger partial charge < -0.3 is 10.6 Å². The Morgan fingerprint density at radius 3 is 2.57 bits per heavy atom. The zero-order valence-electron chi connectivity index (χ0n) is 12.9. The van der Waals surface area contributed by atoms with Gasteiger partial charge in [-0.05, 0) is 49.8 Å². The highest BCUT2D eigenvalue weighted by atomic mass is 79.9. The van der Waals surface area contributed by atoms with Gasteiger partial charge in [0.2, 0.25) is 0 Å². The molecule has 0 aromatic heterocycles. The van der Waals surface area contributed by atoms with E-state index in [9.17, 15) is 0 Å². The molecule has 1 atom stereocenters. The lowest BCUT2D eigenvalue weighted by atomic mass is 10.0. The van der Waals surface area contributed by atoms with Gasteiger partial charge in [-0.25, -0.2) is 0 Å². The number of piperazine rings is 1. The smallest absolute Gasteiger partial charge is 0.0411 e. The Morgan fingerprint density at radius 2 is 1.95 bits per heavy atom. The molecule has 1 saturated carbocycles. The summed E-state index contributed by atoms with van der Waals surface area (Å²) in [4.78, 5) is 5.17. The van der Waals surface area contributed by atoms with E-state index < -0.39 is 0 Å². The van der Waals surface area contributed by atoms with Crippen molar-refractivity contribution in [1.82, 2.24) is 4.90 Å². The summed E-state index contributed by atoms with van der Waals surface area (Å²) < 4.78 is 1.16. The Bertz CT molecular complexity index is 477. The van der Waals surface area contributed by atoms with Crippen molar-refractivity contribution in [3.63, 3.8) is 0 Å². The molecule has 116 valence electrons. The maximum absolute atomic E-state index is 6.01. The predicted molar refractivity (Wildman–Crippen MR) is 92.9 cm³/mol. The zero-order valence-corrected chi connectivity index (χ0v) is 14.5. The maximum atomic E-state index is 6.01. The van der Waals surface area contributed by atoms with Crippen LogP contribution < -0.4 is 10.6 Å².